The molecule has 1 atom stereocenters. The second kappa shape index (κ2) is 5.49. The molecule has 0 aromatic heterocycles. The van der Waals surface area contributed by atoms with Gasteiger partial charge in [-0.15, -0.1) is 0 Å². The van der Waals surface area contributed by atoms with E-state index in [1.807, 2.05) is 6.92 Å². The number of nitrogens with two attached hydrogens (primary N) is 1. The van der Waals surface area contributed by atoms with Gasteiger partial charge in [-0.2, -0.15) is 0 Å². The fourth-order valence-electron chi connectivity index (χ4n) is 1.45. The van der Waals surface area contributed by atoms with Gasteiger partial charge in [0, 0.05) is 11.6 Å². The van der Waals surface area contributed by atoms with Crippen molar-refractivity contribution in [3.8, 4) is 0 Å². The van der Waals surface area contributed by atoms with Gasteiger partial charge in [-0.05, 0) is 38.0 Å². The lowest BCUT2D eigenvalue weighted by molar-refractivity contribution is 0.0999. The second-order valence-corrected chi connectivity index (χ2v) is 5.99. The average Bonchev–Trinajstić information content (AvgIpc) is 2.28. The van der Waals surface area contributed by atoms with Crippen molar-refractivity contribution < 1.29 is 13.2 Å². The molecular weight excluding hydrogens is 252 g/mol. The quantitative estimate of drug-likeness (QED) is 0.841. The summed E-state index contributed by atoms with van der Waals surface area (Å²) < 4.78 is 26.6. The molecule has 0 heterocycles. The van der Waals surface area contributed by atoms with Crippen LogP contribution in [0.5, 0.6) is 0 Å². The van der Waals surface area contributed by atoms with Gasteiger partial charge >= 0.3 is 0 Å². The molecule has 1 aromatic rings. The molecule has 0 aliphatic rings. The summed E-state index contributed by atoms with van der Waals surface area (Å²) in [5.41, 5.74) is 6.08. The molecule has 1 unspecified atom stereocenters. The zero-order valence-electron chi connectivity index (χ0n) is 10.7. The maximum absolute atomic E-state index is 12.0. The minimum absolute atomic E-state index is 0.0576. The van der Waals surface area contributed by atoms with Crippen molar-refractivity contribution in [3.05, 3.63) is 29.3 Å². The van der Waals surface area contributed by atoms with Gasteiger partial charge < -0.3 is 5.73 Å². The van der Waals surface area contributed by atoms with Gasteiger partial charge in [0.25, 0.3) is 0 Å². The van der Waals surface area contributed by atoms with Crippen molar-refractivity contribution in [2.75, 3.05) is 0 Å². The minimum atomic E-state index is -3.60. The number of nitrogens with one attached hydrogen (secondary N) is 1. The Balaban J connectivity index is 3.18. The van der Waals surface area contributed by atoms with Gasteiger partial charge in [-0.25, -0.2) is 13.1 Å². The Hall–Kier alpha value is -1.40. The van der Waals surface area contributed by atoms with Crippen LogP contribution >= 0.6 is 0 Å². The first-order chi connectivity index (χ1) is 8.27. The van der Waals surface area contributed by atoms with Crippen molar-refractivity contribution >= 4 is 15.9 Å². The summed E-state index contributed by atoms with van der Waals surface area (Å²) >= 11 is 0. The van der Waals surface area contributed by atoms with Crippen molar-refractivity contribution in [1.29, 1.82) is 0 Å². The molecule has 0 saturated heterocycles. The van der Waals surface area contributed by atoms with Crippen LogP contribution < -0.4 is 10.5 Å². The highest BCUT2D eigenvalue weighted by Crippen LogP contribution is 2.15. The number of carbonyl (C=O) groups excluding carboxylic acids is 1. The summed E-state index contributed by atoms with van der Waals surface area (Å²) in [5.74, 6) is -0.631. The lowest BCUT2D eigenvalue weighted by Crippen LogP contribution is -2.32. The largest absolute Gasteiger partial charge is 0.366 e. The molecule has 100 valence electrons. The number of amides is 1. The van der Waals surface area contributed by atoms with Crippen molar-refractivity contribution in [3.63, 3.8) is 0 Å². The molecule has 0 aliphatic carbocycles. The number of aryl methyl sites for hydroxylation is 1. The number of benzene rings is 1. The fraction of sp³-hybridized carbons (Fsp3) is 0.417. The molecule has 0 bridgehead atoms. The Kier molecular flexibility index (Phi) is 4.48. The van der Waals surface area contributed by atoms with E-state index in [1.165, 1.54) is 12.1 Å². The second-order valence-electron chi connectivity index (χ2n) is 4.27. The normalized spacial score (nSPS) is 13.3. The third-order valence-corrected chi connectivity index (χ3v) is 4.34. The summed E-state index contributed by atoms with van der Waals surface area (Å²) in [6.07, 6.45) is 0.688. The summed E-state index contributed by atoms with van der Waals surface area (Å²) in [6.45, 7) is 5.37. The molecule has 18 heavy (non-hydrogen) atoms. The maximum Gasteiger partial charge on any atom is 0.249 e. The Morgan fingerprint density at radius 1 is 1.44 bits per heavy atom. The molecule has 0 aliphatic heterocycles. The topological polar surface area (TPSA) is 89.3 Å². The first kappa shape index (κ1) is 14.7. The van der Waals surface area contributed by atoms with Crippen molar-refractivity contribution in [2.45, 2.75) is 38.1 Å². The molecule has 5 nitrogen and oxygen atoms in total. The Labute approximate surface area is 107 Å². The van der Waals surface area contributed by atoms with Gasteiger partial charge in [-0.1, -0.05) is 13.0 Å². The van der Waals surface area contributed by atoms with Crippen LogP contribution in [0.3, 0.4) is 0 Å². The van der Waals surface area contributed by atoms with Crippen LogP contribution in [-0.4, -0.2) is 20.4 Å². The van der Waals surface area contributed by atoms with E-state index < -0.39 is 15.9 Å². The smallest absolute Gasteiger partial charge is 0.249 e. The van der Waals surface area contributed by atoms with Crippen LogP contribution in [-0.2, 0) is 10.0 Å². The van der Waals surface area contributed by atoms with Crippen LogP contribution in [0, 0.1) is 6.92 Å². The predicted octanol–water partition coefficient (Wildman–Crippen LogP) is 1.17. The molecule has 1 amide bonds. The molecule has 6 heteroatoms. The minimum Gasteiger partial charge on any atom is -0.366 e. The number of hydrogen-bond donors (Lipinski definition) is 2. The average molecular weight is 270 g/mol. The van der Waals surface area contributed by atoms with E-state index in [0.29, 0.717) is 12.0 Å². The summed E-state index contributed by atoms with van der Waals surface area (Å²) in [7, 11) is -3.60. The highest BCUT2D eigenvalue weighted by Gasteiger charge is 2.18. The number of sulfonamides is 1. The molecular formula is C12H18N2O3S. The van der Waals surface area contributed by atoms with E-state index in [2.05, 4.69) is 4.72 Å². The highest BCUT2D eigenvalue weighted by atomic mass is 32.2. The van der Waals surface area contributed by atoms with Gasteiger partial charge in [0.1, 0.15) is 0 Å². The number of carbonyl (C=O) groups is 1. The highest BCUT2D eigenvalue weighted by molar-refractivity contribution is 7.89. The molecule has 3 N–H and O–H groups in total. The Morgan fingerprint density at radius 3 is 2.56 bits per heavy atom. The molecule has 1 rings (SSSR count). The fourth-order valence-corrected chi connectivity index (χ4v) is 2.80. The van der Waals surface area contributed by atoms with Crippen LogP contribution in [0.4, 0.5) is 0 Å². The summed E-state index contributed by atoms with van der Waals surface area (Å²) in [5, 5.41) is 0. The van der Waals surface area contributed by atoms with E-state index in [4.69, 9.17) is 5.73 Å². The van der Waals surface area contributed by atoms with Crippen LogP contribution in [0.2, 0.25) is 0 Å². The van der Waals surface area contributed by atoms with Crippen molar-refractivity contribution in [1.82, 2.24) is 4.72 Å². The zero-order chi connectivity index (χ0) is 13.9. The molecule has 1 aromatic carbocycles. The Bertz CT molecular complexity index is 552. The van der Waals surface area contributed by atoms with Gasteiger partial charge in [0.05, 0.1) is 4.90 Å². The SMILES string of the molecule is CCC(C)NS(=O)(=O)c1ccc(C)c(C(N)=O)c1. The predicted molar refractivity (Wildman–Crippen MR) is 69.8 cm³/mol. The summed E-state index contributed by atoms with van der Waals surface area (Å²) in [4.78, 5) is 11.2. The third-order valence-electron chi connectivity index (χ3n) is 2.75. The van der Waals surface area contributed by atoms with E-state index in [9.17, 15) is 13.2 Å². The van der Waals surface area contributed by atoms with E-state index >= 15 is 0 Å². The third kappa shape index (κ3) is 3.30. The lowest BCUT2D eigenvalue weighted by atomic mass is 10.1. The van der Waals surface area contributed by atoms with Crippen LogP contribution in [0.25, 0.3) is 0 Å². The monoisotopic (exact) mass is 270 g/mol. The van der Waals surface area contributed by atoms with Crippen LogP contribution in [0.15, 0.2) is 23.1 Å². The van der Waals surface area contributed by atoms with Crippen molar-refractivity contribution in [2.24, 2.45) is 5.73 Å². The first-order valence-corrected chi connectivity index (χ1v) is 7.19. The van der Waals surface area contributed by atoms with E-state index in [1.54, 1.807) is 19.9 Å². The molecule has 0 saturated carbocycles. The van der Waals surface area contributed by atoms with E-state index in [0.717, 1.165) is 0 Å². The number of hydrogen-bond acceptors (Lipinski definition) is 3. The lowest BCUT2D eigenvalue weighted by Gasteiger charge is -2.13. The molecule has 0 radical (unpaired) electrons. The van der Waals surface area contributed by atoms with E-state index in [-0.39, 0.29) is 16.5 Å². The van der Waals surface area contributed by atoms with Gasteiger partial charge in [-0.3, -0.25) is 4.79 Å². The van der Waals surface area contributed by atoms with Gasteiger partial charge in [0.15, 0.2) is 0 Å². The van der Waals surface area contributed by atoms with Crippen LogP contribution in [0.1, 0.15) is 36.2 Å². The molecule has 0 fully saturated rings. The zero-order valence-corrected chi connectivity index (χ0v) is 11.5. The number of primary amides is 1. The Morgan fingerprint density at radius 2 is 2.06 bits per heavy atom. The molecule has 0 spiro atoms. The first-order valence-electron chi connectivity index (χ1n) is 5.70. The number of rotatable bonds is 5. The standard InChI is InChI=1S/C12H18N2O3S/c1-4-9(3)14-18(16,17)10-6-5-8(2)11(7-10)12(13)15/h5-7,9,14H,4H2,1-3H3,(H2,13,15). The van der Waals surface area contributed by atoms with Gasteiger partial charge in [0.2, 0.25) is 15.9 Å². The summed E-state index contributed by atoms with van der Waals surface area (Å²) in [6, 6.07) is 4.19. The maximum atomic E-state index is 12.0.